The number of nitrogens with one attached hydrogen (secondary N) is 2. The Morgan fingerprint density at radius 1 is 0.938 bits per heavy atom. The second-order valence-corrected chi connectivity index (χ2v) is 8.16. The molecule has 0 atom stereocenters. The summed E-state index contributed by atoms with van der Waals surface area (Å²) in [5.41, 5.74) is 3.75. The van der Waals surface area contributed by atoms with E-state index >= 15 is 0 Å². The summed E-state index contributed by atoms with van der Waals surface area (Å²) in [6.45, 7) is 5.00. The number of benzene rings is 3. The molecule has 0 saturated carbocycles. The normalized spacial score (nSPS) is 14.1. The van der Waals surface area contributed by atoms with Crippen LogP contribution in [0.1, 0.15) is 5.56 Å². The zero-order valence-corrected chi connectivity index (χ0v) is 18.8. The third kappa shape index (κ3) is 5.72. The molecule has 32 heavy (non-hydrogen) atoms. The molecule has 0 aromatic heterocycles. The largest absolute Gasteiger partial charge is 0.495 e. The number of methoxy groups -OCH3 is 1. The first-order valence-corrected chi connectivity index (χ1v) is 11.0. The van der Waals surface area contributed by atoms with E-state index in [0.29, 0.717) is 16.5 Å². The number of hydrogen-bond donors (Lipinski definition) is 2. The Labute approximate surface area is 193 Å². The van der Waals surface area contributed by atoms with Crippen molar-refractivity contribution >= 4 is 34.7 Å². The molecule has 1 saturated heterocycles. The lowest BCUT2D eigenvalue weighted by Gasteiger charge is -2.36. The molecule has 0 unspecified atom stereocenters. The fraction of sp³-hybridized carbons (Fsp3) is 0.240. The lowest BCUT2D eigenvalue weighted by atomic mass is 10.1. The van der Waals surface area contributed by atoms with E-state index in [4.69, 9.17) is 16.3 Å². The summed E-state index contributed by atoms with van der Waals surface area (Å²) in [6, 6.07) is 23.2. The van der Waals surface area contributed by atoms with Crippen LogP contribution < -0.4 is 20.3 Å². The molecule has 0 radical (unpaired) electrons. The van der Waals surface area contributed by atoms with Gasteiger partial charge in [-0.25, -0.2) is 4.79 Å². The van der Waals surface area contributed by atoms with Gasteiger partial charge in [0.05, 0.1) is 12.8 Å². The van der Waals surface area contributed by atoms with Crippen LogP contribution in [0.4, 0.5) is 21.9 Å². The molecule has 3 aromatic carbocycles. The summed E-state index contributed by atoms with van der Waals surface area (Å²) in [5.74, 6) is 0.548. The molecule has 1 fully saturated rings. The number of halogens is 1. The molecule has 1 aliphatic heterocycles. The molecular formula is C25H27ClN4O2. The Bertz CT molecular complexity index is 1040. The molecule has 4 rings (SSSR count). The number of rotatable bonds is 6. The van der Waals surface area contributed by atoms with Gasteiger partial charge in [-0.3, -0.25) is 4.90 Å². The molecule has 3 aromatic rings. The Morgan fingerprint density at radius 3 is 2.34 bits per heavy atom. The van der Waals surface area contributed by atoms with Gasteiger partial charge in [0.1, 0.15) is 5.75 Å². The van der Waals surface area contributed by atoms with Crippen LogP contribution in [0, 0.1) is 0 Å². The number of para-hydroxylation sites is 1. The van der Waals surface area contributed by atoms with Crippen molar-refractivity contribution in [2.24, 2.45) is 0 Å². The van der Waals surface area contributed by atoms with Crippen LogP contribution >= 0.6 is 11.6 Å². The van der Waals surface area contributed by atoms with Crippen molar-refractivity contribution < 1.29 is 9.53 Å². The van der Waals surface area contributed by atoms with E-state index in [9.17, 15) is 4.79 Å². The predicted molar refractivity (Wildman–Crippen MR) is 131 cm³/mol. The number of carbonyl (C=O) groups is 1. The van der Waals surface area contributed by atoms with Crippen molar-refractivity contribution in [3.63, 3.8) is 0 Å². The minimum Gasteiger partial charge on any atom is -0.495 e. The second kappa shape index (κ2) is 10.4. The summed E-state index contributed by atoms with van der Waals surface area (Å²) < 4.78 is 5.26. The highest BCUT2D eigenvalue weighted by atomic mass is 35.5. The minimum absolute atomic E-state index is 0.352. The third-order valence-corrected chi connectivity index (χ3v) is 5.76. The SMILES string of the molecule is COc1ccc(Cl)cc1NC(=O)Nc1ccc(CN2CCN(c3ccccc3)CC2)cc1. The molecule has 7 heteroatoms. The number of urea groups is 1. The number of amides is 2. The van der Waals surface area contributed by atoms with Crippen molar-refractivity contribution in [2.75, 3.05) is 48.8 Å². The Kier molecular flexibility index (Phi) is 7.14. The predicted octanol–water partition coefficient (Wildman–Crippen LogP) is 5.31. The Morgan fingerprint density at radius 2 is 1.66 bits per heavy atom. The highest BCUT2D eigenvalue weighted by molar-refractivity contribution is 6.31. The summed E-state index contributed by atoms with van der Waals surface area (Å²) in [6.07, 6.45) is 0. The number of carbonyl (C=O) groups excluding carboxylic acids is 1. The summed E-state index contributed by atoms with van der Waals surface area (Å²) >= 11 is 6.02. The van der Waals surface area contributed by atoms with Gasteiger partial charge in [-0.2, -0.15) is 0 Å². The standard InChI is InChI=1S/C25H27ClN4O2/c1-32-24-12-9-20(26)17-23(24)28-25(31)27-21-10-7-19(8-11-21)18-29-13-15-30(16-14-29)22-5-3-2-4-6-22/h2-12,17H,13-16,18H2,1H3,(H2,27,28,31). The highest BCUT2D eigenvalue weighted by Crippen LogP contribution is 2.27. The first-order valence-electron chi connectivity index (χ1n) is 10.6. The molecule has 166 valence electrons. The van der Waals surface area contributed by atoms with Crippen LogP contribution in [-0.2, 0) is 6.54 Å². The van der Waals surface area contributed by atoms with Crippen LogP contribution in [0.25, 0.3) is 0 Å². The molecule has 0 bridgehead atoms. The zero-order chi connectivity index (χ0) is 22.3. The van der Waals surface area contributed by atoms with Crippen LogP contribution in [0.15, 0.2) is 72.8 Å². The molecule has 1 heterocycles. The van der Waals surface area contributed by atoms with Gasteiger partial charge in [0.2, 0.25) is 0 Å². The Balaban J connectivity index is 1.27. The molecule has 6 nitrogen and oxygen atoms in total. The maximum absolute atomic E-state index is 12.4. The van der Waals surface area contributed by atoms with Crippen molar-refractivity contribution in [1.82, 2.24) is 4.90 Å². The van der Waals surface area contributed by atoms with Gasteiger partial charge in [0.25, 0.3) is 0 Å². The smallest absolute Gasteiger partial charge is 0.323 e. The minimum atomic E-state index is -0.352. The van der Waals surface area contributed by atoms with Crippen molar-refractivity contribution in [2.45, 2.75) is 6.54 Å². The van der Waals surface area contributed by atoms with Gasteiger partial charge in [-0.1, -0.05) is 41.9 Å². The van der Waals surface area contributed by atoms with Crippen LogP contribution in [-0.4, -0.2) is 44.2 Å². The first kappa shape index (κ1) is 22.0. The van der Waals surface area contributed by atoms with Gasteiger partial charge in [0, 0.05) is 49.1 Å². The molecule has 2 N–H and O–H groups in total. The summed E-state index contributed by atoms with van der Waals surface area (Å²) in [7, 11) is 1.55. The fourth-order valence-corrected chi connectivity index (χ4v) is 3.99. The fourth-order valence-electron chi connectivity index (χ4n) is 3.82. The monoisotopic (exact) mass is 450 g/mol. The summed E-state index contributed by atoms with van der Waals surface area (Å²) in [4.78, 5) is 17.3. The van der Waals surface area contributed by atoms with Crippen molar-refractivity contribution in [1.29, 1.82) is 0 Å². The van der Waals surface area contributed by atoms with Crippen molar-refractivity contribution in [3.05, 3.63) is 83.4 Å². The van der Waals surface area contributed by atoms with Gasteiger partial charge < -0.3 is 20.3 Å². The van der Waals surface area contributed by atoms with E-state index in [1.165, 1.54) is 11.3 Å². The third-order valence-electron chi connectivity index (χ3n) is 5.52. The van der Waals surface area contributed by atoms with E-state index in [2.05, 4.69) is 62.9 Å². The maximum atomic E-state index is 12.4. The topological polar surface area (TPSA) is 56.8 Å². The number of anilines is 3. The second-order valence-electron chi connectivity index (χ2n) is 7.72. The maximum Gasteiger partial charge on any atom is 0.323 e. The quantitative estimate of drug-likeness (QED) is 0.534. The van der Waals surface area contributed by atoms with E-state index in [1.807, 2.05) is 12.1 Å². The van der Waals surface area contributed by atoms with Crippen molar-refractivity contribution in [3.8, 4) is 5.75 Å². The number of hydrogen-bond acceptors (Lipinski definition) is 4. The van der Waals surface area contributed by atoms with Gasteiger partial charge >= 0.3 is 6.03 Å². The lowest BCUT2D eigenvalue weighted by molar-refractivity contribution is 0.250. The molecule has 2 amide bonds. The van der Waals surface area contributed by atoms with Crippen LogP contribution in [0.5, 0.6) is 5.75 Å². The molecule has 0 spiro atoms. The number of nitrogens with zero attached hydrogens (tertiary/aromatic N) is 2. The van der Waals surface area contributed by atoms with E-state index < -0.39 is 0 Å². The van der Waals surface area contributed by atoms with Gasteiger partial charge in [-0.15, -0.1) is 0 Å². The number of ether oxygens (including phenoxy) is 1. The van der Waals surface area contributed by atoms with Crippen LogP contribution in [0.3, 0.4) is 0 Å². The molecule has 0 aliphatic carbocycles. The molecule has 1 aliphatic rings. The van der Waals surface area contributed by atoms with E-state index in [1.54, 1.807) is 25.3 Å². The average molecular weight is 451 g/mol. The average Bonchev–Trinajstić information content (AvgIpc) is 2.81. The molecular weight excluding hydrogens is 424 g/mol. The highest BCUT2D eigenvalue weighted by Gasteiger charge is 2.17. The van der Waals surface area contributed by atoms with Crippen LogP contribution in [0.2, 0.25) is 5.02 Å². The zero-order valence-electron chi connectivity index (χ0n) is 18.1. The lowest BCUT2D eigenvalue weighted by Crippen LogP contribution is -2.45. The summed E-state index contributed by atoms with van der Waals surface area (Å²) in [5, 5.41) is 6.15. The van der Waals surface area contributed by atoms with Gasteiger partial charge in [-0.05, 0) is 48.0 Å². The first-order chi connectivity index (χ1) is 15.6. The van der Waals surface area contributed by atoms with E-state index in [-0.39, 0.29) is 6.03 Å². The number of piperazine rings is 1. The van der Waals surface area contributed by atoms with E-state index in [0.717, 1.165) is 38.4 Å². The Hall–Kier alpha value is -3.22. The van der Waals surface area contributed by atoms with Gasteiger partial charge in [0.15, 0.2) is 0 Å².